The van der Waals surface area contributed by atoms with Crippen LogP contribution >= 0.6 is 15.9 Å². The molecule has 0 spiro atoms. The highest BCUT2D eigenvalue weighted by Crippen LogP contribution is 2.25. The molecule has 140 valence electrons. The highest BCUT2D eigenvalue weighted by Gasteiger charge is 2.08. The lowest BCUT2D eigenvalue weighted by Gasteiger charge is -2.01. The highest BCUT2D eigenvalue weighted by atomic mass is 79.9. The first-order chi connectivity index (χ1) is 13.0. The number of rotatable bonds is 3. The van der Waals surface area contributed by atoms with Gasteiger partial charge >= 0.3 is 0 Å². The van der Waals surface area contributed by atoms with Crippen LogP contribution < -0.4 is 5.32 Å². The number of carbonyl (C=O) groups excluding carboxylic acids is 1. The molecular weight excluding hydrogens is 413 g/mol. The number of benzene rings is 1. The van der Waals surface area contributed by atoms with Gasteiger partial charge in [-0.2, -0.15) is 5.10 Å². The molecule has 0 bridgehead atoms. The van der Waals surface area contributed by atoms with Crippen LogP contribution in [0.5, 0.6) is 0 Å². The minimum Gasteiger partial charge on any atom is -0.387 e. The number of fused-ring (bicyclic) bond motifs is 2. The Morgan fingerprint density at radius 2 is 2.07 bits per heavy atom. The van der Waals surface area contributed by atoms with Gasteiger partial charge in [0.25, 0.3) is 0 Å². The molecule has 1 N–H and O–H groups in total. The smallest absolute Gasteiger partial charge is 0.173 e. The average molecular weight is 432 g/mol. The van der Waals surface area contributed by atoms with Crippen LogP contribution in [0.15, 0.2) is 41.3 Å². The van der Waals surface area contributed by atoms with Gasteiger partial charge in [0.15, 0.2) is 17.8 Å². The average Bonchev–Trinajstić information content (AvgIpc) is 3.26. The molecule has 0 radical (unpaired) electrons. The van der Waals surface area contributed by atoms with E-state index in [1.54, 1.807) is 29.9 Å². The van der Waals surface area contributed by atoms with Gasteiger partial charge in [0.2, 0.25) is 0 Å². The predicted octanol–water partition coefficient (Wildman–Crippen LogP) is 4.45. The van der Waals surface area contributed by atoms with Crippen molar-refractivity contribution < 1.29 is 9.18 Å². The van der Waals surface area contributed by atoms with Crippen molar-refractivity contribution >= 4 is 44.5 Å². The molecule has 0 saturated carbocycles. The summed E-state index contributed by atoms with van der Waals surface area (Å²) in [6, 6.07) is 5.07. The van der Waals surface area contributed by atoms with Gasteiger partial charge in [0.05, 0.1) is 11.4 Å². The number of aryl methyl sites for hydroxylation is 2. The van der Waals surface area contributed by atoms with E-state index >= 15 is 0 Å². The maximum Gasteiger partial charge on any atom is 0.173 e. The van der Waals surface area contributed by atoms with Crippen LogP contribution in [-0.4, -0.2) is 32.5 Å². The summed E-state index contributed by atoms with van der Waals surface area (Å²) < 4.78 is 17.8. The largest absolute Gasteiger partial charge is 0.387 e. The Morgan fingerprint density at radius 1 is 1.30 bits per heavy atom. The quantitative estimate of drug-likeness (QED) is 0.486. The molecule has 0 saturated heterocycles. The second kappa shape index (κ2) is 7.87. The molecule has 0 unspecified atom stereocenters. The Kier molecular flexibility index (Phi) is 5.55. The zero-order valence-electron chi connectivity index (χ0n) is 15.2. The van der Waals surface area contributed by atoms with E-state index in [1.807, 2.05) is 30.8 Å². The first kappa shape index (κ1) is 19.0. The van der Waals surface area contributed by atoms with Crippen molar-refractivity contribution in [3.63, 3.8) is 0 Å². The van der Waals surface area contributed by atoms with Crippen LogP contribution in [0, 0.1) is 12.7 Å². The Bertz CT molecular complexity index is 1120. The van der Waals surface area contributed by atoms with E-state index in [0.717, 1.165) is 39.6 Å². The number of imidazole rings is 1. The van der Waals surface area contributed by atoms with E-state index in [2.05, 4.69) is 31.3 Å². The van der Waals surface area contributed by atoms with Crippen molar-refractivity contribution in [2.24, 2.45) is 0 Å². The zero-order chi connectivity index (χ0) is 19.6. The van der Waals surface area contributed by atoms with Crippen LogP contribution in [0.1, 0.15) is 23.0 Å². The maximum absolute atomic E-state index is 13.3. The summed E-state index contributed by atoms with van der Waals surface area (Å²) in [5, 5.41) is 8.18. The Balaban J connectivity index is 0.000000156. The molecule has 0 aliphatic heterocycles. The van der Waals surface area contributed by atoms with E-state index < -0.39 is 0 Å². The topological polar surface area (TPSA) is 64.2 Å². The van der Waals surface area contributed by atoms with Crippen molar-refractivity contribution in [1.29, 1.82) is 0 Å². The first-order valence-corrected chi connectivity index (χ1v) is 9.19. The lowest BCUT2D eigenvalue weighted by Crippen LogP contribution is -1.94. The Hall–Kier alpha value is -2.74. The van der Waals surface area contributed by atoms with Gasteiger partial charge in [-0.15, -0.1) is 0 Å². The number of nitrogens with zero attached hydrogens (tertiary/aromatic N) is 4. The van der Waals surface area contributed by atoms with Gasteiger partial charge in [0.1, 0.15) is 5.52 Å². The number of aldehydes is 1. The van der Waals surface area contributed by atoms with Gasteiger partial charge in [-0.1, -0.05) is 15.9 Å². The molecule has 0 atom stereocenters. The summed E-state index contributed by atoms with van der Waals surface area (Å²) in [5.41, 5.74) is 3.32. The highest BCUT2D eigenvalue weighted by molar-refractivity contribution is 9.10. The summed E-state index contributed by atoms with van der Waals surface area (Å²) in [7, 11) is 1.75. The number of aromatic nitrogens is 4. The van der Waals surface area contributed by atoms with Crippen LogP contribution in [-0.2, 0) is 6.54 Å². The fraction of sp³-hybridized carbons (Fsp3) is 0.211. The van der Waals surface area contributed by atoms with Crippen molar-refractivity contribution in [1.82, 2.24) is 19.2 Å². The summed E-state index contributed by atoms with van der Waals surface area (Å²) in [6.07, 6.45) is 6.37. The molecule has 0 amide bonds. The van der Waals surface area contributed by atoms with E-state index in [1.165, 1.54) is 6.07 Å². The van der Waals surface area contributed by atoms with E-state index in [-0.39, 0.29) is 5.82 Å². The van der Waals surface area contributed by atoms with Crippen LogP contribution in [0.3, 0.4) is 0 Å². The molecule has 0 fully saturated rings. The lowest BCUT2D eigenvalue weighted by molar-refractivity contribution is 0.112. The van der Waals surface area contributed by atoms with Gasteiger partial charge in [-0.3, -0.25) is 9.48 Å². The summed E-state index contributed by atoms with van der Waals surface area (Å²) >= 11 is 3.43. The predicted molar refractivity (Wildman–Crippen MR) is 108 cm³/mol. The number of anilines is 1. The number of hydrogen-bond donors (Lipinski definition) is 1. The third-order valence-electron chi connectivity index (χ3n) is 4.07. The molecule has 8 heteroatoms. The number of carbonyl (C=O) groups is 1. The van der Waals surface area contributed by atoms with Crippen LogP contribution in [0.25, 0.3) is 16.6 Å². The van der Waals surface area contributed by atoms with E-state index in [9.17, 15) is 9.18 Å². The number of halogens is 2. The summed E-state index contributed by atoms with van der Waals surface area (Å²) in [5.74, 6) is -0.306. The van der Waals surface area contributed by atoms with Crippen LogP contribution in [0.2, 0.25) is 0 Å². The molecule has 3 aromatic heterocycles. The second-order valence-electron chi connectivity index (χ2n) is 5.94. The van der Waals surface area contributed by atoms with Gasteiger partial charge in [0, 0.05) is 53.7 Å². The number of pyridine rings is 1. The van der Waals surface area contributed by atoms with Crippen molar-refractivity contribution in [2.75, 3.05) is 12.4 Å². The molecule has 0 aliphatic carbocycles. The normalized spacial score (nSPS) is 10.7. The molecule has 27 heavy (non-hydrogen) atoms. The molecule has 6 nitrogen and oxygen atoms in total. The SMILES string of the molecule is CCn1cc2c(Br)ccc(C=O)c2n1.CNc1cc(F)c2nc(C)cn2c1. The molecular formula is C19H19BrFN5O. The van der Waals surface area contributed by atoms with E-state index in [0.29, 0.717) is 11.2 Å². The van der Waals surface area contributed by atoms with Crippen molar-refractivity contribution in [3.8, 4) is 0 Å². The van der Waals surface area contributed by atoms with Gasteiger partial charge < -0.3 is 9.72 Å². The van der Waals surface area contributed by atoms with E-state index in [4.69, 9.17) is 0 Å². The fourth-order valence-corrected chi connectivity index (χ4v) is 3.14. The molecule has 0 aliphatic rings. The standard InChI is InChI=1S/C10H9BrN2O.C9H10FN3/c1-2-13-5-8-9(11)4-3-7(6-14)10(8)12-13;1-6-4-13-5-7(11-2)3-8(10)9(13)12-6/h3-6H,2H2,1H3;3-5,11H,1-2H3. The van der Waals surface area contributed by atoms with Crippen molar-refractivity contribution in [3.05, 3.63) is 58.3 Å². The third-order valence-corrected chi connectivity index (χ3v) is 4.76. The first-order valence-electron chi connectivity index (χ1n) is 8.40. The fourth-order valence-electron chi connectivity index (χ4n) is 2.71. The molecule has 4 rings (SSSR count). The van der Waals surface area contributed by atoms with Gasteiger partial charge in [-0.25, -0.2) is 9.37 Å². The van der Waals surface area contributed by atoms with Crippen LogP contribution in [0.4, 0.5) is 10.1 Å². The van der Waals surface area contributed by atoms with Gasteiger partial charge in [-0.05, 0) is 26.0 Å². The maximum atomic E-state index is 13.3. The number of nitrogens with one attached hydrogen (secondary N) is 1. The minimum atomic E-state index is -0.306. The third kappa shape index (κ3) is 3.85. The Morgan fingerprint density at radius 3 is 2.74 bits per heavy atom. The number of hydrogen-bond acceptors (Lipinski definition) is 4. The summed E-state index contributed by atoms with van der Waals surface area (Å²) in [6.45, 7) is 4.66. The zero-order valence-corrected chi connectivity index (χ0v) is 16.8. The summed E-state index contributed by atoms with van der Waals surface area (Å²) in [4.78, 5) is 14.8. The second-order valence-corrected chi connectivity index (χ2v) is 6.80. The molecule has 1 aromatic carbocycles. The molecule has 4 aromatic rings. The molecule has 3 heterocycles. The monoisotopic (exact) mass is 431 g/mol. The lowest BCUT2D eigenvalue weighted by atomic mass is 10.2. The minimum absolute atomic E-state index is 0.306. The van der Waals surface area contributed by atoms with Crippen molar-refractivity contribution in [2.45, 2.75) is 20.4 Å². The Labute approximate surface area is 164 Å².